The molecule has 0 spiro atoms. The van der Waals surface area contributed by atoms with Crippen LogP contribution in [0.4, 0.5) is 5.69 Å². The summed E-state index contributed by atoms with van der Waals surface area (Å²) in [6.07, 6.45) is 1.23. The van der Waals surface area contributed by atoms with E-state index in [1.54, 1.807) is 18.2 Å². The second-order valence-electron chi connectivity index (χ2n) is 5.63. The molecule has 0 saturated carbocycles. The fraction of sp³-hybridized carbons (Fsp3) is 0.222. The van der Waals surface area contributed by atoms with Gasteiger partial charge in [-0.3, -0.25) is 14.9 Å². The molecule has 0 atom stereocenters. The Labute approximate surface area is 145 Å². The topological polar surface area (TPSA) is 93.8 Å². The zero-order valence-electron chi connectivity index (χ0n) is 14.3. The highest BCUT2D eigenvalue weighted by molar-refractivity contribution is 5.86. The quantitative estimate of drug-likeness (QED) is 0.496. The zero-order valence-corrected chi connectivity index (χ0v) is 14.3. The third kappa shape index (κ3) is 4.87. The number of rotatable bonds is 6. The van der Waals surface area contributed by atoms with Gasteiger partial charge in [-0.2, -0.15) is 5.10 Å². The number of aryl methyl sites for hydroxylation is 3. The lowest BCUT2D eigenvalue weighted by Crippen LogP contribution is -2.25. The molecule has 2 aromatic carbocycles. The number of para-hydroxylation sites is 1. The maximum Gasteiger partial charge on any atom is 0.278 e. The third-order valence-corrected chi connectivity index (χ3v) is 3.48. The summed E-state index contributed by atoms with van der Waals surface area (Å²) in [4.78, 5) is 22.2. The van der Waals surface area contributed by atoms with Crippen molar-refractivity contribution in [1.82, 2.24) is 5.43 Å². The number of nitro groups is 1. The van der Waals surface area contributed by atoms with E-state index in [2.05, 4.69) is 10.5 Å². The number of hydrogen-bond acceptors (Lipinski definition) is 5. The van der Waals surface area contributed by atoms with E-state index in [9.17, 15) is 14.9 Å². The molecule has 0 fully saturated rings. The van der Waals surface area contributed by atoms with Crippen LogP contribution in [-0.2, 0) is 4.79 Å². The van der Waals surface area contributed by atoms with Crippen molar-refractivity contribution in [2.24, 2.45) is 5.10 Å². The number of nitro benzene ring substituents is 1. The molecule has 2 aromatic rings. The lowest BCUT2D eigenvalue weighted by molar-refractivity contribution is -0.385. The van der Waals surface area contributed by atoms with Crippen molar-refractivity contribution in [3.05, 3.63) is 68.8 Å². The van der Waals surface area contributed by atoms with Gasteiger partial charge < -0.3 is 4.74 Å². The van der Waals surface area contributed by atoms with E-state index in [4.69, 9.17) is 4.74 Å². The molecule has 0 heterocycles. The molecule has 2 rings (SSSR count). The van der Waals surface area contributed by atoms with E-state index in [1.807, 2.05) is 32.9 Å². The van der Waals surface area contributed by atoms with Gasteiger partial charge in [-0.1, -0.05) is 29.8 Å². The van der Waals surface area contributed by atoms with Crippen LogP contribution in [0, 0.1) is 30.9 Å². The van der Waals surface area contributed by atoms with Crippen LogP contribution in [0.5, 0.6) is 5.75 Å². The Kier molecular flexibility index (Phi) is 5.84. The number of benzene rings is 2. The monoisotopic (exact) mass is 341 g/mol. The minimum absolute atomic E-state index is 0.0809. The van der Waals surface area contributed by atoms with Crippen molar-refractivity contribution in [3.63, 3.8) is 0 Å². The van der Waals surface area contributed by atoms with Gasteiger partial charge in [0.05, 0.1) is 16.7 Å². The largest absolute Gasteiger partial charge is 0.483 e. The minimum atomic E-state index is -0.505. The molecule has 0 radical (unpaired) electrons. The number of carbonyl (C=O) groups is 1. The van der Waals surface area contributed by atoms with Gasteiger partial charge in [-0.05, 0) is 38.0 Å². The van der Waals surface area contributed by atoms with Crippen LogP contribution in [0.3, 0.4) is 0 Å². The van der Waals surface area contributed by atoms with Gasteiger partial charge in [0.25, 0.3) is 11.6 Å². The third-order valence-electron chi connectivity index (χ3n) is 3.48. The van der Waals surface area contributed by atoms with E-state index in [0.29, 0.717) is 11.3 Å². The first-order valence-corrected chi connectivity index (χ1v) is 7.64. The lowest BCUT2D eigenvalue weighted by atomic mass is 10.1. The number of carbonyl (C=O) groups excluding carboxylic acids is 1. The molecule has 0 aromatic heterocycles. The highest BCUT2D eigenvalue weighted by Gasteiger charge is 2.11. The number of hydrogen-bond donors (Lipinski definition) is 1. The molecular formula is C18H19N3O4. The molecule has 0 aliphatic rings. The van der Waals surface area contributed by atoms with Crippen LogP contribution in [-0.4, -0.2) is 23.7 Å². The summed E-state index contributed by atoms with van der Waals surface area (Å²) in [7, 11) is 0. The molecule has 0 unspecified atom stereocenters. The minimum Gasteiger partial charge on any atom is -0.483 e. The Morgan fingerprint density at radius 3 is 2.52 bits per heavy atom. The molecule has 0 saturated heterocycles. The maximum absolute atomic E-state index is 11.8. The Morgan fingerprint density at radius 2 is 1.88 bits per heavy atom. The fourth-order valence-corrected chi connectivity index (χ4v) is 2.50. The normalized spacial score (nSPS) is 10.7. The maximum atomic E-state index is 11.8. The van der Waals surface area contributed by atoms with E-state index >= 15 is 0 Å². The standard InChI is InChI=1S/C18H19N3O4/c1-12-8-13(2)18(14(3)9-12)25-11-17(22)20-19-10-15-6-4-5-7-16(15)21(23)24/h4-10H,11H2,1-3H3,(H,20,22)/b19-10+. The van der Waals surface area contributed by atoms with Crippen molar-refractivity contribution < 1.29 is 14.5 Å². The summed E-state index contributed by atoms with van der Waals surface area (Å²) in [6, 6.07) is 10.1. The summed E-state index contributed by atoms with van der Waals surface area (Å²) in [5, 5.41) is 14.6. The molecule has 1 amide bonds. The SMILES string of the molecule is Cc1cc(C)c(OCC(=O)N/N=C/c2ccccc2[N+](=O)[O-])c(C)c1. The van der Waals surface area contributed by atoms with Crippen molar-refractivity contribution >= 4 is 17.8 Å². The first kappa shape index (κ1) is 18.1. The Morgan fingerprint density at radius 1 is 1.24 bits per heavy atom. The van der Waals surface area contributed by atoms with Gasteiger partial charge in [0, 0.05) is 6.07 Å². The van der Waals surface area contributed by atoms with Gasteiger partial charge in [-0.25, -0.2) is 5.43 Å². The predicted octanol–water partition coefficient (Wildman–Crippen LogP) is 3.05. The smallest absolute Gasteiger partial charge is 0.278 e. The van der Waals surface area contributed by atoms with Crippen LogP contribution in [0.15, 0.2) is 41.5 Å². The number of nitrogens with one attached hydrogen (secondary N) is 1. The van der Waals surface area contributed by atoms with Crippen molar-refractivity contribution in [1.29, 1.82) is 0 Å². The van der Waals surface area contributed by atoms with Gasteiger partial charge in [0.1, 0.15) is 5.75 Å². The van der Waals surface area contributed by atoms with Gasteiger partial charge in [-0.15, -0.1) is 0 Å². The molecule has 1 N–H and O–H groups in total. The van der Waals surface area contributed by atoms with Gasteiger partial charge >= 0.3 is 0 Å². The van der Waals surface area contributed by atoms with E-state index < -0.39 is 10.8 Å². The second kappa shape index (κ2) is 8.05. The number of amides is 1. The molecule has 25 heavy (non-hydrogen) atoms. The summed E-state index contributed by atoms with van der Waals surface area (Å²) in [5.74, 6) is 0.220. The lowest BCUT2D eigenvalue weighted by Gasteiger charge is -2.12. The average molecular weight is 341 g/mol. The molecule has 0 aliphatic carbocycles. The Bertz CT molecular complexity index is 808. The van der Waals surface area contributed by atoms with Crippen molar-refractivity contribution in [2.75, 3.05) is 6.61 Å². The summed E-state index contributed by atoms with van der Waals surface area (Å²) < 4.78 is 5.55. The molecule has 7 nitrogen and oxygen atoms in total. The number of hydrazone groups is 1. The second-order valence-corrected chi connectivity index (χ2v) is 5.63. The molecule has 0 bridgehead atoms. The molecule has 7 heteroatoms. The van der Waals surface area contributed by atoms with Gasteiger partial charge in [0.2, 0.25) is 0 Å². The molecule has 130 valence electrons. The van der Waals surface area contributed by atoms with E-state index in [1.165, 1.54) is 12.3 Å². The van der Waals surface area contributed by atoms with Crippen LogP contribution < -0.4 is 10.2 Å². The Hall–Kier alpha value is -3.22. The van der Waals surface area contributed by atoms with Crippen LogP contribution >= 0.6 is 0 Å². The summed E-state index contributed by atoms with van der Waals surface area (Å²) >= 11 is 0. The van der Waals surface area contributed by atoms with E-state index in [-0.39, 0.29) is 12.3 Å². The fourth-order valence-electron chi connectivity index (χ4n) is 2.50. The Balaban J connectivity index is 1.95. The van der Waals surface area contributed by atoms with Crippen LogP contribution in [0.25, 0.3) is 0 Å². The van der Waals surface area contributed by atoms with Gasteiger partial charge in [0.15, 0.2) is 6.61 Å². The van der Waals surface area contributed by atoms with Crippen LogP contribution in [0.2, 0.25) is 0 Å². The molecular weight excluding hydrogens is 322 g/mol. The summed E-state index contributed by atoms with van der Waals surface area (Å²) in [5.41, 5.74) is 5.56. The highest BCUT2D eigenvalue weighted by Crippen LogP contribution is 2.24. The predicted molar refractivity (Wildman–Crippen MR) is 95.0 cm³/mol. The number of ether oxygens (including phenoxy) is 1. The first-order chi connectivity index (χ1) is 11.9. The highest BCUT2D eigenvalue weighted by atomic mass is 16.6. The molecule has 0 aliphatic heterocycles. The first-order valence-electron chi connectivity index (χ1n) is 7.64. The van der Waals surface area contributed by atoms with Crippen molar-refractivity contribution in [2.45, 2.75) is 20.8 Å². The van der Waals surface area contributed by atoms with Crippen molar-refractivity contribution in [3.8, 4) is 5.75 Å². The van der Waals surface area contributed by atoms with Crippen LogP contribution in [0.1, 0.15) is 22.3 Å². The zero-order chi connectivity index (χ0) is 18.4. The average Bonchev–Trinajstić information content (AvgIpc) is 2.54. The number of nitrogens with zero attached hydrogens (tertiary/aromatic N) is 2. The van der Waals surface area contributed by atoms with E-state index in [0.717, 1.165) is 16.7 Å². The summed E-state index contributed by atoms with van der Waals surface area (Å²) in [6.45, 7) is 5.63.